The van der Waals surface area contributed by atoms with Crippen LogP contribution in [-0.2, 0) is 0 Å². The second-order valence-electron chi connectivity index (χ2n) is 3.62. The van der Waals surface area contributed by atoms with Crippen molar-refractivity contribution >= 4 is 5.97 Å². The third kappa shape index (κ3) is 2.82. The van der Waals surface area contributed by atoms with Crippen LogP contribution in [-0.4, -0.2) is 25.2 Å². The Hall–Kier alpha value is -2.56. The van der Waals surface area contributed by atoms with Gasteiger partial charge in [0.25, 0.3) is 0 Å². The molecule has 98 valence electrons. The summed E-state index contributed by atoms with van der Waals surface area (Å²) in [5.74, 6) is 0.628. The number of carbonyl (C=O) groups excluding carboxylic acids is 1. The van der Waals surface area contributed by atoms with Crippen molar-refractivity contribution in [2.75, 3.05) is 14.2 Å². The molecule has 0 unspecified atom stereocenters. The average Bonchev–Trinajstić information content (AvgIpc) is 2.48. The molecule has 5 nitrogen and oxygen atoms in total. The lowest BCUT2D eigenvalue weighted by Crippen LogP contribution is -2.10. The summed E-state index contributed by atoms with van der Waals surface area (Å²) in [5.41, 5.74) is 0.406. The van der Waals surface area contributed by atoms with Crippen molar-refractivity contribution in [2.24, 2.45) is 0 Å². The summed E-state index contributed by atoms with van der Waals surface area (Å²) in [6.07, 6.45) is 3.05. The fraction of sp³-hybridized carbons (Fsp3) is 0.143. The lowest BCUT2D eigenvalue weighted by atomic mass is 10.2. The second-order valence-corrected chi connectivity index (χ2v) is 3.62. The Bertz CT molecular complexity index is 547. The fourth-order valence-electron chi connectivity index (χ4n) is 1.56. The van der Waals surface area contributed by atoms with Crippen LogP contribution in [0.15, 0.2) is 42.7 Å². The van der Waals surface area contributed by atoms with E-state index < -0.39 is 5.97 Å². The van der Waals surface area contributed by atoms with Gasteiger partial charge in [0.2, 0.25) is 5.75 Å². The lowest BCUT2D eigenvalue weighted by Gasteiger charge is -2.12. The van der Waals surface area contributed by atoms with E-state index in [1.807, 2.05) is 0 Å². The largest absolute Gasteiger partial charge is 0.493 e. The molecule has 0 aliphatic heterocycles. The molecule has 5 heteroatoms. The third-order valence-corrected chi connectivity index (χ3v) is 2.49. The summed E-state index contributed by atoms with van der Waals surface area (Å²) in [4.78, 5) is 15.8. The van der Waals surface area contributed by atoms with Crippen LogP contribution >= 0.6 is 0 Å². The van der Waals surface area contributed by atoms with Crippen LogP contribution < -0.4 is 14.2 Å². The van der Waals surface area contributed by atoms with Crippen LogP contribution in [0, 0.1) is 0 Å². The van der Waals surface area contributed by atoms with Gasteiger partial charge in [0.1, 0.15) is 0 Å². The Morgan fingerprint density at radius 3 is 2.11 bits per heavy atom. The van der Waals surface area contributed by atoms with Crippen LogP contribution in [0.1, 0.15) is 10.4 Å². The minimum atomic E-state index is -0.495. The van der Waals surface area contributed by atoms with Crippen LogP contribution in [0.4, 0.5) is 0 Å². The third-order valence-electron chi connectivity index (χ3n) is 2.49. The molecule has 0 saturated carbocycles. The highest BCUT2D eigenvalue weighted by Crippen LogP contribution is 2.37. The van der Waals surface area contributed by atoms with E-state index >= 15 is 0 Å². The molecule has 0 atom stereocenters. The summed E-state index contributed by atoms with van der Waals surface area (Å²) >= 11 is 0. The Labute approximate surface area is 110 Å². The van der Waals surface area contributed by atoms with Crippen molar-refractivity contribution < 1.29 is 19.0 Å². The topological polar surface area (TPSA) is 57.7 Å². The minimum Gasteiger partial charge on any atom is -0.493 e. The molecule has 0 aliphatic carbocycles. The van der Waals surface area contributed by atoms with Gasteiger partial charge in [-0.15, -0.1) is 0 Å². The maximum atomic E-state index is 12.0. The first-order valence-corrected chi connectivity index (χ1v) is 5.59. The van der Waals surface area contributed by atoms with Gasteiger partial charge in [0.15, 0.2) is 11.5 Å². The molecule has 1 aromatic heterocycles. The van der Waals surface area contributed by atoms with Crippen molar-refractivity contribution in [1.82, 2.24) is 4.98 Å². The Balaban J connectivity index is 2.30. The van der Waals surface area contributed by atoms with Crippen molar-refractivity contribution in [3.05, 3.63) is 48.3 Å². The SMILES string of the molecule is COc1cccc(OC)c1OC(=O)c1ccncc1. The number of esters is 1. The van der Waals surface area contributed by atoms with E-state index in [1.54, 1.807) is 30.3 Å². The molecule has 0 spiro atoms. The van der Waals surface area contributed by atoms with Gasteiger partial charge in [0.05, 0.1) is 19.8 Å². The molecule has 1 aromatic carbocycles. The molecular formula is C14H13NO4. The van der Waals surface area contributed by atoms with E-state index in [0.717, 1.165) is 0 Å². The number of benzene rings is 1. The molecule has 0 amide bonds. The first kappa shape index (κ1) is 12.9. The molecule has 2 aromatic rings. The van der Waals surface area contributed by atoms with Gasteiger partial charge in [0, 0.05) is 12.4 Å². The standard InChI is InChI=1S/C14H13NO4/c1-17-11-4-3-5-12(18-2)13(11)19-14(16)10-6-8-15-9-7-10/h3-9H,1-2H3. The van der Waals surface area contributed by atoms with Crippen LogP contribution in [0.5, 0.6) is 17.2 Å². The van der Waals surface area contributed by atoms with Gasteiger partial charge < -0.3 is 14.2 Å². The minimum absolute atomic E-state index is 0.259. The van der Waals surface area contributed by atoms with Crippen LogP contribution in [0.25, 0.3) is 0 Å². The van der Waals surface area contributed by atoms with Crippen molar-refractivity contribution in [3.63, 3.8) is 0 Å². The highest BCUT2D eigenvalue weighted by molar-refractivity contribution is 5.91. The quantitative estimate of drug-likeness (QED) is 0.623. The van der Waals surface area contributed by atoms with Crippen molar-refractivity contribution in [2.45, 2.75) is 0 Å². The predicted octanol–water partition coefficient (Wildman–Crippen LogP) is 2.32. The molecule has 0 fully saturated rings. The van der Waals surface area contributed by atoms with Crippen molar-refractivity contribution in [1.29, 1.82) is 0 Å². The smallest absolute Gasteiger partial charge is 0.343 e. The number of pyridine rings is 1. The maximum Gasteiger partial charge on any atom is 0.343 e. The normalized spacial score (nSPS) is 9.79. The summed E-state index contributed by atoms with van der Waals surface area (Å²) in [6.45, 7) is 0. The second kappa shape index (κ2) is 5.86. The van der Waals surface area contributed by atoms with Gasteiger partial charge in [-0.3, -0.25) is 4.98 Å². The van der Waals surface area contributed by atoms with Crippen molar-refractivity contribution in [3.8, 4) is 17.2 Å². The summed E-state index contributed by atoms with van der Waals surface area (Å²) in [6, 6.07) is 8.28. The summed E-state index contributed by atoms with van der Waals surface area (Å²) < 4.78 is 15.6. The monoisotopic (exact) mass is 259 g/mol. The molecule has 0 N–H and O–H groups in total. The number of methoxy groups -OCH3 is 2. The molecule has 0 radical (unpaired) electrons. The van der Waals surface area contributed by atoms with Crippen LogP contribution in [0.3, 0.4) is 0 Å². The van der Waals surface area contributed by atoms with E-state index in [2.05, 4.69) is 4.98 Å². The maximum absolute atomic E-state index is 12.0. The number of rotatable bonds is 4. The Morgan fingerprint density at radius 1 is 1.00 bits per heavy atom. The lowest BCUT2D eigenvalue weighted by molar-refractivity contribution is 0.0724. The van der Waals surface area contributed by atoms with E-state index in [0.29, 0.717) is 17.1 Å². The van der Waals surface area contributed by atoms with Gasteiger partial charge in [-0.2, -0.15) is 0 Å². The van der Waals surface area contributed by atoms with Crippen LogP contribution in [0.2, 0.25) is 0 Å². The molecule has 0 saturated heterocycles. The van der Waals surface area contributed by atoms with Gasteiger partial charge in [-0.25, -0.2) is 4.79 Å². The summed E-state index contributed by atoms with van der Waals surface area (Å²) in [5, 5.41) is 0. The zero-order valence-electron chi connectivity index (χ0n) is 10.6. The number of aromatic nitrogens is 1. The van der Waals surface area contributed by atoms with Gasteiger partial charge >= 0.3 is 5.97 Å². The number of carbonyl (C=O) groups is 1. The van der Waals surface area contributed by atoms with E-state index in [-0.39, 0.29) is 5.75 Å². The van der Waals surface area contributed by atoms with Gasteiger partial charge in [-0.1, -0.05) is 6.07 Å². The Kier molecular flexibility index (Phi) is 3.97. The highest BCUT2D eigenvalue weighted by atomic mass is 16.6. The molecule has 1 heterocycles. The zero-order valence-corrected chi connectivity index (χ0v) is 10.6. The van der Waals surface area contributed by atoms with E-state index in [4.69, 9.17) is 14.2 Å². The summed E-state index contributed by atoms with van der Waals surface area (Å²) in [7, 11) is 3.00. The molecule has 0 bridgehead atoms. The number of hydrogen-bond acceptors (Lipinski definition) is 5. The molecule has 19 heavy (non-hydrogen) atoms. The first-order chi connectivity index (χ1) is 9.26. The number of ether oxygens (including phenoxy) is 3. The number of nitrogens with zero attached hydrogens (tertiary/aromatic N) is 1. The highest BCUT2D eigenvalue weighted by Gasteiger charge is 2.16. The van der Waals surface area contributed by atoms with E-state index in [1.165, 1.54) is 26.6 Å². The predicted molar refractivity (Wildman–Crippen MR) is 68.7 cm³/mol. The molecule has 0 aliphatic rings. The van der Waals surface area contributed by atoms with E-state index in [9.17, 15) is 4.79 Å². The molecule has 2 rings (SSSR count). The average molecular weight is 259 g/mol. The Morgan fingerprint density at radius 2 is 1.58 bits per heavy atom. The number of hydrogen-bond donors (Lipinski definition) is 0. The number of para-hydroxylation sites is 1. The zero-order chi connectivity index (χ0) is 13.7. The molecular weight excluding hydrogens is 246 g/mol. The fourth-order valence-corrected chi connectivity index (χ4v) is 1.56. The van der Waals surface area contributed by atoms with Gasteiger partial charge in [-0.05, 0) is 24.3 Å². The first-order valence-electron chi connectivity index (χ1n) is 5.59.